The average Bonchev–Trinajstić information content (AvgIpc) is 3.09. The lowest BCUT2D eigenvalue weighted by Crippen LogP contribution is -2.24. The minimum absolute atomic E-state index is 0.0816. The van der Waals surface area contributed by atoms with Crippen molar-refractivity contribution in [3.63, 3.8) is 0 Å². The van der Waals surface area contributed by atoms with Gasteiger partial charge in [0.15, 0.2) is 0 Å². The van der Waals surface area contributed by atoms with E-state index in [1.807, 2.05) is 31.2 Å². The number of nitro groups is 1. The zero-order valence-corrected chi connectivity index (χ0v) is 17.5. The summed E-state index contributed by atoms with van der Waals surface area (Å²) in [5.41, 5.74) is 1.42. The number of amides is 1. The fraction of sp³-hybridized carbons (Fsp3) is 0.158. The van der Waals surface area contributed by atoms with Gasteiger partial charge in [-0.3, -0.25) is 19.6 Å². The Balaban J connectivity index is 1.83. The van der Waals surface area contributed by atoms with Crippen LogP contribution in [0.2, 0.25) is 0 Å². The van der Waals surface area contributed by atoms with Crippen molar-refractivity contribution in [2.75, 3.05) is 5.32 Å². The molecule has 1 amide bonds. The number of carbonyl (C=O) groups excluding carboxylic acids is 1. The van der Waals surface area contributed by atoms with Crippen molar-refractivity contribution in [2.45, 2.75) is 29.7 Å². The van der Waals surface area contributed by atoms with E-state index >= 15 is 0 Å². The molecule has 1 atom stereocenters. The Hall–Kier alpha value is -2.65. The molecule has 3 rings (SSSR count). The number of anilines is 1. The van der Waals surface area contributed by atoms with Gasteiger partial charge in [-0.1, -0.05) is 29.5 Å². The fourth-order valence-corrected chi connectivity index (χ4v) is 3.67. The summed E-state index contributed by atoms with van der Waals surface area (Å²) in [4.78, 5) is 25.0. The van der Waals surface area contributed by atoms with Crippen LogP contribution in [-0.2, 0) is 4.79 Å². The lowest BCUT2D eigenvalue weighted by Gasteiger charge is -2.13. The maximum Gasteiger partial charge on any atom is 0.272 e. The Labute approximate surface area is 174 Å². The van der Waals surface area contributed by atoms with Gasteiger partial charge in [-0.2, -0.15) is 5.10 Å². The summed E-state index contributed by atoms with van der Waals surface area (Å²) in [5.74, 6) is -0.317. The van der Waals surface area contributed by atoms with Gasteiger partial charge in [0.25, 0.3) is 5.69 Å². The van der Waals surface area contributed by atoms with Gasteiger partial charge < -0.3 is 5.32 Å². The molecular formula is C19H17BrN4O3S. The third kappa shape index (κ3) is 4.99. The predicted molar refractivity (Wildman–Crippen MR) is 112 cm³/mol. The molecule has 1 aromatic heterocycles. The average molecular weight is 461 g/mol. The number of rotatable bonds is 6. The number of aryl methyl sites for hydroxylation is 1. The Bertz CT molecular complexity index is 1020. The van der Waals surface area contributed by atoms with Crippen molar-refractivity contribution in [1.82, 2.24) is 9.78 Å². The molecule has 1 unspecified atom stereocenters. The second-order valence-electron chi connectivity index (χ2n) is 6.19. The molecule has 7 nitrogen and oxygen atoms in total. The molecule has 0 bridgehead atoms. The number of non-ortho nitro benzene ring substituents is 1. The summed E-state index contributed by atoms with van der Waals surface area (Å²) in [6.07, 6.45) is 3.28. The lowest BCUT2D eigenvalue weighted by atomic mass is 10.2. The second-order valence-corrected chi connectivity index (χ2v) is 8.25. The normalized spacial score (nSPS) is 11.8. The van der Waals surface area contributed by atoms with Gasteiger partial charge in [0, 0.05) is 33.8 Å². The van der Waals surface area contributed by atoms with Crippen molar-refractivity contribution < 1.29 is 9.72 Å². The molecule has 28 heavy (non-hydrogen) atoms. The number of nitrogens with zero attached hydrogens (tertiary/aromatic N) is 3. The third-order valence-corrected chi connectivity index (χ3v) is 5.36. The highest BCUT2D eigenvalue weighted by atomic mass is 79.9. The van der Waals surface area contributed by atoms with Gasteiger partial charge in [-0.15, -0.1) is 0 Å². The minimum Gasteiger partial charge on any atom is -0.324 e. The summed E-state index contributed by atoms with van der Waals surface area (Å²) in [7, 11) is 0. The lowest BCUT2D eigenvalue weighted by molar-refractivity contribution is -0.385. The Kier molecular flexibility index (Phi) is 6.15. The zero-order valence-electron chi connectivity index (χ0n) is 15.1. The molecule has 3 aromatic rings. The molecule has 2 aromatic carbocycles. The molecule has 0 saturated carbocycles. The monoisotopic (exact) mass is 460 g/mol. The fourth-order valence-electron chi connectivity index (χ4n) is 2.46. The zero-order chi connectivity index (χ0) is 20.3. The van der Waals surface area contributed by atoms with Crippen LogP contribution in [0.15, 0.2) is 69.1 Å². The van der Waals surface area contributed by atoms with Crippen LogP contribution in [0, 0.1) is 17.0 Å². The Morgan fingerprint density at radius 1 is 1.25 bits per heavy atom. The maximum absolute atomic E-state index is 12.5. The number of aromatic nitrogens is 2. The van der Waals surface area contributed by atoms with E-state index in [4.69, 9.17) is 0 Å². The van der Waals surface area contributed by atoms with Crippen molar-refractivity contribution in [2.24, 2.45) is 0 Å². The summed E-state index contributed by atoms with van der Waals surface area (Å²) < 4.78 is 2.28. The second kappa shape index (κ2) is 8.57. The molecule has 0 saturated heterocycles. The summed E-state index contributed by atoms with van der Waals surface area (Å²) >= 11 is 4.69. The van der Waals surface area contributed by atoms with Crippen LogP contribution in [0.4, 0.5) is 11.4 Å². The first kappa shape index (κ1) is 20.1. The van der Waals surface area contributed by atoms with Gasteiger partial charge in [0.1, 0.15) is 6.04 Å². The molecule has 0 aliphatic heterocycles. The number of benzene rings is 2. The standard InChI is InChI=1S/C19H17BrN4O3S/c1-12-3-5-17(6-4-12)28-18-8-15(7-16(9-18)24(26)27)22-19(25)13(2)23-11-14(20)10-21-23/h3-11,13H,1-2H3,(H,22,25). The van der Waals surface area contributed by atoms with E-state index in [2.05, 4.69) is 26.3 Å². The number of hydrogen-bond donors (Lipinski definition) is 1. The molecule has 0 aliphatic carbocycles. The number of halogens is 1. The largest absolute Gasteiger partial charge is 0.324 e. The van der Waals surface area contributed by atoms with E-state index < -0.39 is 11.0 Å². The molecule has 144 valence electrons. The summed E-state index contributed by atoms with van der Waals surface area (Å²) in [6, 6.07) is 11.9. The van der Waals surface area contributed by atoms with Crippen LogP contribution in [0.3, 0.4) is 0 Å². The van der Waals surface area contributed by atoms with E-state index in [1.165, 1.54) is 28.6 Å². The van der Waals surface area contributed by atoms with Crippen LogP contribution >= 0.6 is 27.7 Å². The van der Waals surface area contributed by atoms with Crippen molar-refractivity contribution in [1.29, 1.82) is 0 Å². The molecule has 0 aliphatic rings. The highest BCUT2D eigenvalue weighted by molar-refractivity contribution is 9.10. The number of carbonyl (C=O) groups is 1. The molecule has 9 heteroatoms. The van der Waals surface area contributed by atoms with Crippen molar-refractivity contribution in [3.8, 4) is 0 Å². The highest BCUT2D eigenvalue weighted by Gasteiger charge is 2.18. The highest BCUT2D eigenvalue weighted by Crippen LogP contribution is 2.33. The quantitative estimate of drug-likeness (QED) is 0.402. The van der Waals surface area contributed by atoms with Crippen molar-refractivity contribution in [3.05, 3.63) is 75.0 Å². The van der Waals surface area contributed by atoms with E-state index in [0.717, 1.165) is 14.9 Å². The van der Waals surface area contributed by atoms with Gasteiger partial charge in [-0.25, -0.2) is 0 Å². The van der Waals surface area contributed by atoms with Crippen LogP contribution in [0.1, 0.15) is 18.5 Å². The molecule has 0 radical (unpaired) electrons. The number of nitro benzene ring substituents is 1. The molecule has 1 heterocycles. The minimum atomic E-state index is -0.571. The molecule has 1 N–H and O–H groups in total. The topological polar surface area (TPSA) is 90.1 Å². The van der Waals surface area contributed by atoms with E-state index in [0.29, 0.717) is 10.6 Å². The third-order valence-electron chi connectivity index (χ3n) is 3.97. The van der Waals surface area contributed by atoms with E-state index in [1.54, 1.807) is 25.4 Å². The van der Waals surface area contributed by atoms with Gasteiger partial charge >= 0.3 is 0 Å². The summed E-state index contributed by atoms with van der Waals surface area (Å²) in [5, 5.41) is 18.2. The van der Waals surface area contributed by atoms with Crippen LogP contribution < -0.4 is 5.32 Å². The SMILES string of the molecule is Cc1ccc(Sc2cc(NC(=O)C(C)n3cc(Br)cn3)cc([N+](=O)[O-])c2)cc1. The first-order chi connectivity index (χ1) is 13.3. The van der Waals surface area contributed by atoms with Crippen LogP contribution in [0.25, 0.3) is 0 Å². The van der Waals surface area contributed by atoms with Gasteiger partial charge in [-0.05, 0) is 48.0 Å². The first-order valence-electron chi connectivity index (χ1n) is 8.36. The summed E-state index contributed by atoms with van der Waals surface area (Å²) in [6.45, 7) is 3.70. The smallest absolute Gasteiger partial charge is 0.272 e. The maximum atomic E-state index is 12.5. The van der Waals surface area contributed by atoms with E-state index in [-0.39, 0.29) is 11.6 Å². The van der Waals surface area contributed by atoms with E-state index in [9.17, 15) is 14.9 Å². The predicted octanol–water partition coefficient (Wildman–Crippen LogP) is 5.21. The molecule has 0 fully saturated rings. The Morgan fingerprint density at radius 2 is 1.96 bits per heavy atom. The number of nitrogens with one attached hydrogen (secondary N) is 1. The Morgan fingerprint density at radius 3 is 2.57 bits per heavy atom. The number of hydrogen-bond acceptors (Lipinski definition) is 5. The van der Waals surface area contributed by atoms with Gasteiger partial charge in [0.2, 0.25) is 5.91 Å². The van der Waals surface area contributed by atoms with Crippen molar-refractivity contribution >= 4 is 45.0 Å². The van der Waals surface area contributed by atoms with Gasteiger partial charge in [0.05, 0.1) is 15.6 Å². The molecular weight excluding hydrogens is 444 g/mol. The van der Waals surface area contributed by atoms with Crippen LogP contribution in [-0.4, -0.2) is 20.6 Å². The first-order valence-corrected chi connectivity index (χ1v) is 9.97. The molecule has 0 spiro atoms. The van der Waals surface area contributed by atoms with Crippen LogP contribution in [0.5, 0.6) is 0 Å².